The number of aromatic nitrogens is 1. The maximum Gasteiger partial charge on any atom is 0.305 e. The summed E-state index contributed by atoms with van der Waals surface area (Å²) in [6, 6.07) is 10.1. The summed E-state index contributed by atoms with van der Waals surface area (Å²) in [6.07, 6.45) is 0.615. The number of carboxylic acid groups (broad SMARTS) is 1. The van der Waals surface area contributed by atoms with Gasteiger partial charge in [-0.25, -0.2) is 0 Å². The first kappa shape index (κ1) is 19.3. The number of H-pyrrole nitrogens is 1. The van der Waals surface area contributed by atoms with Crippen molar-refractivity contribution >= 4 is 40.9 Å². The monoisotopic (exact) mass is 456 g/mol. The van der Waals surface area contributed by atoms with E-state index in [4.69, 9.17) is 5.11 Å². The first-order chi connectivity index (χ1) is 15.0. The molecule has 1 aromatic heterocycles. The van der Waals surface area contributed by atoms with Crippen LogP contribution in [0.25, 0.3) is 0 Å². The third-order valence-electron chi connectivity index (χ3n) is 7.52. The van der Waals surface area contributed by atoms with Gasteiger partial charge in [0.25, 0.3) is 0 Å². The van der Waals surface area contributed by atoms with Crippen LogP contribution in [-0.2, 0) is 14.4 Å². The van der Waals surface area contributed by atoms with Gasteiger partial charge in [0.2, 0.25) is 11.8 Å². The van der Waals surface area contributed by atoms with Gasteiger partial charge in [-0.3, -0.25) is 24.1 Å². The maximum atomic E-state index is 13.2. The van der Waals surface area contributed by atoms with Crippen LogP contribution in [0.2, 0.25) is 0 Å². The molecule has 3 fully saturated rings. The van der Waals surface area contributed by atoms with Crippen LogP contribution in [0.15, 0.2) is 40.2 Å². The number of nitrogens with zero attached hydrogens (tertiary/aromatic N) is 1. The van der Waals surface area contributed by atoms with Crippen molar-refractivity contribution in [2.24, 2.45) is 29.6 Å². The second-order valence-corrected chi connectivity index (χ2v) is 11.0. The number of likely N-dealkylation sites (tertiary alicyclic amines) is 1. The van der Waals surface area contributed by atoms with Gasteiger partial charge >= 0.3 is 10.8 Å². The Morgan fingerprint density at radius 2 is 1.81 bits per heavy atom. The molecule has 4 aliphatic rings. The highest BCUT2D eigenvalue weighted by Gasteiger charge is 2.69. The van der Waals surface area contributed by atoms with Crippen molar-refractivity contribution in [3.05, 3.63) is 50.4 Å². The molecule has 6 rings (SSSR count). The lowest BCUT2D eigenvalue weighted by atomic mass is 9.68. The van der Waals surface area contributed by atoms with E-state index in [1.807, 2.05) is 18.2 Å². The highest BCUT2D eigenvalue weighted by atomic mass is 32.2. The second-order valence-electron chi connectivity index (χ2n) is 8.84. The number of aromatic amines is 1. The van der Waals surface area contributed by atoms with Crippen LogP contribution in [0.4, 0.5) is 0 Å². The summed E-state index contributed by atoms with van der Waals surface area (Å²) in [5.41, 5.74) is 1.14. The molecule has 7 nitrogen and oxygen atoms in total. The van der Waals surface area contributed by atoms with E-state index in [0.29, 0.717) is 0 Å². The Morgan fingerprint density at radius 3 is 2.52 bits per heavy atom. The lowest BCUT2D eigenvalue weighted by molar-refractivity contribution is -0.142. The van der Waals surface area contributed by atoms with E-state index in [1.54, 1.807) is 11.8 Å². The topological polar surface area (TPSA) is 108 Å². The number of carbonyl (C=O) groups excluding carboxylic acids is 2. The normalized spacial score (nSPS) is 35.2. The fourth-order valence-electron chi connectivity index (χ4n) is 6.54. The third kappa shape index (κ3) is 2.65. The number of fused-ring (bicyclic) bond motifs is 9. The lowest BCUT2D eigenvalue weighted by Gasteiger charge is -2.43. The quantitative estimate of drug-likeness (QED) is 0.684. The Kier molecular flexibility index (Phi) is 4.24. The molecule has 2 aliphatic heterocycles. The van der Waals surface area contributed by atoms with Crippen LogP contribution in [0.5, 0.6) is 0 Å². The average Bonchev–Trinajstić information content (AvgIpc) is 3.46. The molecule has 7 atom stereocenters. The summed E-state index contributed by atoms with van der Waals surface area (Å²) >= 11 is 2.91. The van der Waals surface area contributed by atoms with Gasteiger partial charge in [0, 0.05) is 22.6 Å². The van der Waals surface area contributed by atoms with Crippen LogP contribution in [-0.4, -0.2) is 44.6 Å². The molecule has 3 heterocycles. The molecule has 160 valence electrons. The van der Waals surface area contributed by atoms with Crippen molar-refractivity contribution in [3.63, 3.8) is 0 Å². The van der Waals surface area contributed by atoms with Gasteiger partial charge in [-0.15, -0.1) is 11.8 Å². The molecule has 2 amide bonds. The Labute approximate surface area is 185 Å². The SMILES string of the molecule is O=C(O)CCN1C(=O)C2C3CC(C2C1=O)C1C3Sc2[nH]c(=O)sc2[C@@H]1c1ccccc1. The number of imide groups is 1. The van der Waals surface area contributed by atoms with Crippen molar-refractivity contribution in [2.45, 2.75) is 29.0 Å². The first-order valence-electron chi connectivity index (χ1n) is 10.5. The summed E-state index contributed by atoms with van der Waals surface area (Å²) in [4.78, 5) is 54.7. The van der Waals surface area contributed by atoms with Gasteiger partial charge in [0.15, 0.2) is 0 Å². The van der Waals surface area contributed by atoms with Crippen LogP contribution >= 0.6 is 23.1 Å². The fraction of sp³-hybridized carbons (Fsp3) is 0.455. The van der Waals surface area contributed by atoms with Crippen LogP contribution in [0.3, 0.4) is 0 Å². The van der Waals surface area contributed by atoms with Crippen LogP contribution < -0.4 is 4.87 Å². The number of thioether (sulfide) groups is 1. The number of thiazole rings is 1. The predicted octanol–water partition coefficient (Wildman–Crippen LogP) is 2.38. The molecule has 2 bridgehead atoms. The van der Waals surface area contributed by atoms with E-state index < -0.39 is 5.97 Å². The average molecular weight is 457 g/mol. The molecule has 2 saturated carbocycles. The van der Waals surface area contributed by atoms with Gasteiger partial charge in [0.1, 0.15) is 0 Å². The van der Waals surface area contributed by atoms with Crippen molar-refractivity contribution in [3.8, 4) is 0 Å². The first-order valence-corrected chi connectivity index (χ1v) is 12.2. The summed E-state index contributed by atoms with van der Waals surface area (Å²) in [5.74, 6) is -1.81. The molecular formula is C22H20N2O5S2. The van der Waals surface area contributed by atoms with E-state index in [2.05, 4.69) is 17.1 Å². The molecule has 0 spiro atoms. The minimum absolute atomic E-state index is 0.0262. The minimum Gasteiger partial charge on any atom is -0.481 e. The fourth-order valence-corrected chi connectivity index (χ4v) is 9.43. The van der Waals surface area contributed by atoms with Gasteiger partial charge in [-0.05, 0) is 29.7 Å². The van der Waals surface area contributed by atoms with E-state index in [0.717, 1.165) is 21.9 Å². The minimum atomic E-state index is -1.01. The van der Waals surface area contributed by atoms with Crippen molar-refractivity contribution < 1.29 is 19.5 Å². The zero-order chi connectivity index (χ0) is 21.4. The van der Waals surface area contributed by atoms with Gasteiger partial charge < -0.3 is 10.1 Å². The smallest absolute Gasteiger partial charge is 0.305 e. The maximum absolute atomic E-state index is 13.2. The van der Waals surface area contributed by atoms with Crippen molar-refractivity contribution in [2.75, 3.05) is 6.54 Å². The molecule has 31 heavy (non-hydrogen) atoms. The summed E-state index contributed by atoms with van der Waals surface area (Å²) in [7, 11) is 0. The molecule has 2 N–H and O–H groups in total. The largest absolute Gasteiger partial charge is 0.481 e. The lowest BCUT2D eigenvalue weighted by Crippen LogP contribution is -2.42. The van der Waals surface area contributed by atoms with Gasteiger partial charge in [0.05, 0.1) is 23.3 Å². The Morgan fingerprint density at radius 1 is 1.10 bits per heavy atom. The third-order valence-corrected chi connectivity index (χ3v) is 10.1. The zero-order valence-electron chi connectivity index (χ0n) is 16.4. The van der Waals surface area contributed by atoms with E-state index in [-0.39, 0.29) is 70.4 Å². The number of carbonyl (C=O) groups is 3. The number of nitrogens with one attached hydrogen (secondary N) is 1. The summed E-state index contributed by atoms with van der Waals surface area (Å²) in [5, 5.41) is 10.1. The number of carboxylic acids is 1. The molecular weight excluding hydrogens is 436 g/mol. The highest BCUT2D eigenvalue weighted by Crippen LogP contribution is 2.68. The van der Waals surface area contributed by atoms with Crippen LogP contribution in [0, 0.1) is 29.6 Å². The van der Waals surface area contributed by atoms with Crippen LogP contribution in [0.1, 0.15) is 29.2 Å². The number of amides is 2. The molecule has 2 aliphatic carbocycles. The van der Waals surface area contributed by atoms with E-state index >= 15 is 0 Å². The van der Waals surface area contributed by atoms with Gasteiger partial charge in [-0.1, -0.05) is 41.7 Å². The number of rotatable bonds is 4. The molecule has 1 saturated heterocycles. The highest BCUT2D eigenvalue weighted by molar-refractivity contribution is 8.00. The Balaban J connectivity index is 1.41. The molecule has 1 aromatic carbocycles. The standard InChI is InChI=1S/C22H20N2O5S2/c25-12(26)6-7-24-20(27)15-10-8-11(16(15)21(24)28)17-14(10)13(9-4-2-1-3-5-9)18-19(30-17)23-22(29)31-18/h1-5,10-11,13-17H,6-8H2,(H,23,29)(H,25,26)/t10?,11?,13-,14?,15?,16?,17?/m1/s1. The zero-order valence-corrected chi connectivity index (χ0v) is 18.0. The molecule has 2 aromatic rings. The summed E-state index contributed by atoms with van der Waals surface area (Å²) in [6.45, 7) is -0.0509. The Bertz CT molecular complexity index is 1160. The summed E-state index contributed by atoms with van der Waals surface area (Å²) < 4.78 is 0. The second kappa shape index (κ2) is 6.80. The van der Waals surface area contributed by atoms with E-state index in [1.165, 1.54) is 16.2 Å². The van der Waals surface area contributed by atoms with E-state index in [9.17, 15) is 19.2 Å². The number of hydrogen-bond donors (Lipinski definition) is 2. The molecule has 9 heteroatoms. The predicted molar refractivity (Wildman–Crippen MR) is 114 cm³/mol. The number of benzene rings is 1. The van der Waals surface area contributed by atoms with Crippen molar-refractivity contribution in [1.29, 1.82) is 0 Å². The molecule has 6 unspecified atom stereocenters. The Hall–Kier alpha value is -2.39. The molecule has 0 radical (unpaired) electrons. The van der Waals surface area contributed by atoms with Gasteiger partial charge in [-0.2, -0.15) is 0 Å². The van der Waals surface area contributed by atoms with Crippen molar-refractivity contribution in [1.82, 2.24) is 9.88 Å². The number of aliphatic carboxylic acids is 1. The number of hydrogen-bond acceptors (Lipinski definition) is 6.